The Kier molecular flexibility index (Phi) is 6.11. The predicted molar refractivity (Wildman–Crippen MR) is 78.0 cm³/mol. The molecule has 0 saturated carbocycles. The van der Waals surface area contributed by atoms with Crippen molar-refractivity contribution in [1.29, 1.82) is 0 Å². The van der Waals surface area contributed by atoms with E-state index in [1.165, 1.54) is 6.07 Å². The van der Waals surface area contributed by atoms with E-state index in [4.69, 9.17) is 0 Å². The molecule has 0 spiro atoms. The number of nitrogens with one attached hydrogen (secondary N) is 1. The predicted octanol–water partition coefficient (Wildman–Crippen LogP) is 1.97. The highest BCUT2D eigenvalue weighted by Gasteiger charge is 2.14. The first-order valence-corrected chi connectivity index (χ1v) is 6.75. The minimum absolute atomic E-state index is 0.0265. The molecule has 20 heavy (non-hydrogen) atoms. The van der Waals surface area contributed by atoms with E-state index < -0.39 is 4.92 Å². The number of hydrogen-bond donors (Lipinski definition) is 1. The Hall–Kier alpha value is -1.95. The van der Waals surface area contributed by atoms with Crippen molar-refractivity contribution in [3.8, 4) is 0 Å². The van der Waals surface area contributed by atoms with Gasteiger partial charge in [0.05, 0.1) is 4.92 Å². The number of nitrogens with zero attached hydrogens (tertiary/aromatic N) is 2. The first-order chi connectivity index (χ1) is 9.49. The van der Waals surface area contributed by atoms with E-state index in [1.54, 1.807) is 19.1 Å². The lowest BCUT2D eigenvalue weighted by atomic mass is 10.1. The second kappa shape index (κ2) is 7.59. The standard InChI is InChI=1S/C14H21N3O3/c1-4-16(5-2)9-8-15-14(18)12-7-6-11(3)13(10-12)17(19)20/h6-7,10H,4-5,8-9H2,1-3H3,(H,15,18). The van der Waals surface area contributed by atoms with Gasteiger partial charge in [0.2, 0.25) is 0 Å². The molecular weight excluding hydrogens is 258 g/mol. The van der Waals surface area contributed by atoms with E-state index in [9.17, 15) is 14.9 Å². The van der Waals surface area contributed by atoms with Gasteiger partial charge < -0.3 is 10.2 Å². The summed E-state index contributed by atoms with van der Waals surface area (Å²) in [6.45, 7) is 8.95. The van der Waals surface area contributed by atoms with Crippen molar-refractivity contribution in [2.75, 3.05) is 26.2 Å². The molecule has 0 aromatic heterocycles. The van der Waals surface area contributed by atoms with Gasteiger partial charge in [0.15, 0.2) is 0 Å². The smallest absolute Gasteiger partial charge is 0.273 e. The quantitative estimate of drug-likeness (QED) is 0.611. The molecular formula is C14H21N3O3. The molecule has 1 aromatic carbocycles. The van der Waals surface area contributed by atoms with E-state index in [1.807, 2.05) is 0 Å². The van der Waals surface area contributed by atoms with Crippen LogP contribution in [0, 0.1) is 17.0 Å². The lowest BCUT2D eigenvalue weighted by Gasteiger charge is -2.17. The summed E-state index contributed by atoms with van der Waals surface area (Å²) in [5.41, 5.74) is 0.845. The maximum absolute atomic E-state index is 11.9. The van der Waals surface area contributed by atoms with Gasteiger partial charge in [-0.3, -0.25) is 14.9 Å². The highest BCUT2D eigenvalue weighted by Crippen LogP contribution is 2.19. The zero-order chi connectivity index (χ0) is 15.1. The molecule has 0 bridgehead atoms. The van der Waals surface area contributed by atoms with Crippen LogP contribution in [0.4, 0.5) is 5.69 Å². The zero-order valence-electron chi connectivity index (χ0n) is 12.2. The normalized spacial score (nSPS) is 10.6. The number of benzene rings is 1. The molecule has 0 heterocycles. The van der Waals surface area contributed by atoms with Gasteiger partial charge in [-0.15, -0.1) is 0 Å². The van der Waals surface area contributed by atoms with Crippen LogP contribution in [0.1, 0.15) is 29.8 Å². The molecule has 1 aromatic rings. The third-order valence-corrected chi connectivity index (χ3v) is 3.28. The number of carbonyl (C=O) groups is 1. The van der Waals surface area contributed by atoms with Gasteiger partial charge in [-0.05, 0) is 26.1 Å². The largest absolute Gasteiger partial charge is 0.351 e. The number of aryl methyl sites for hydroxylation is 1. The fourth-order valence-electron chi connectivity index (χ4n) is 1.92. The summed E-state index contributed by atoms with van der Waals surface area (Å²) in [7, 11) is 0. The molecule has 1 N–H and O–H groups in total. The molecule has 0 unspecified atom stereocenters. The summed E-state index contributed by atoms with van der Waals surface area (Å²) in [4.78, 5) is 24.5. The fourth-order valence-corrected chi connectivity index (χ4v) is 1.92. The highest BCUT2D eigenvalue weighted by molar-refractivity contribution is 5.94. The number of rotatable bonds is 7. The Morgan fingerprint density at radius 1 is 1.35 bits per heavy atom. The van der Waals surface area contributed by atoms with Crippen molar-refractivity contribution in [3.63, 3.8) is 0 Å². The molecule has 0 aliphatic heterocycles. The Labute approximate surface area is 118 Å². The molecule has 0 aliphatic carbocycles. The molecule has 0 radical (unpaired) electrons. The van der Waals surface area contributed by atoms with Gasteiger partial charge in [-0.2, -0.15) is 0 Å². The van der Waals surface area contributed by atoms with Crippen LogP contribution in [0.25, 0.3) is 0 Å². The van der Waals surface area contributed by atoms with E-state index >= 15 is 0 Å². The van der Waals surface area contributed by atoms with Crippen molar-refractivity contribution in [2.24, 2.45) is 0 Å². The maximum atomic E-state index is 11.9. The summed E-state index contributed by atoms with van der Waals surface area (Å²) in [5.74, 6) is -0.278. The van der Waals surface area contributed by atoms with Crippen LogP contribution in [0.15, 0.2) is 18.2 Å². The Morgan fingerprint density at radius 2 is 2.00 bits per heavy atom. The molecule has 6 heteroatoms. The first-order valence-electron chi connectivity index (χ1n) is 6.75. The topological polar surface area (TPSA) is 75.5 Å². The average Bonchev–Trinajstić information content (AvgIpc) is 2.43. The van der Waals surface area contributed by atoms with Crippen molar-refractivity contribution >= 4 is 11.6 Å². The molecule has 1 rings (SSSR count). The number of carbonyl (C=O) groups excluding carboxylic acids is 1. The minimum Gasteiger partial charge on any atom is -0.351 e. The number of nitro benzene ring substituents is 1. The Bertz CT molecular complexity index is 485. The van der Waals surface area contributed by atoms with Crippen LogP contribution >= 0.6 is 0 Å². The van der Waals surface area contributed by atoms with E-state index in [-0.39, 0.29) is 11.6 Å². The highest BCUT2D eigenvalue weighted by atomic mass is 16.6. The third-order valence-electron chi connectivity index (χ3n) is 3.28. The molecule has 0 saturated heterocycles. The lowest BCUT2D eigenvalue weighted by Crippen LogP contribution is -2.34. The molecule has 0 aliphatic rings. The third kappa shape index (κ3) is 4.31. The summed E-state index contributed by atoms with van der Waals surface area (Å²) < 4.78 is 0. The van der Waals surface area contributed by atoms with Crippen LogP contribution in [0.5, 0.6) is 0 Å². The summed E-state index contributed by atoms with van der Waals surface area (Å²) in [5, 5.41) is 13.6. The zero-order valence-corrected chi connectivity index (χ0v) is 12.2. The van der Waals surface area contributed by atoms with Gasteiger partial charge >= 0.3 is 0 Å². The van der Waals surface area contributed by atoms with Gasteiger partial charge in [-0.25, -0.2) is 0 Å². The fraction of sp³-hybridized carbons (Fsp3) is 0.500. The van der Waals surface area contributed by atoms with Crippen LogP contribution in [0.3, 0.4) is 0 Å². The van der Waals surface area contributed by atoms with Gasteiger partial charge in [0.1, 0.15) is 0 Å². The summed E-state index contributed by atoms with van der Waals surface area (Å²) in [6, 6.07) is 4.52. The van der Waals surface area contributed by atoms with Gasteiger partial charge in [0.25, 0.3) is 11.6 Å². The summed E-state index contributed by atoms with van der Waals surface area (Å²) >= 11 is 0. The van der Waals surface area contributed by atoms with Gasteiger partial charge in [-0.1, -0.05) is 19.9 Å². The van der Waals surface area contributed by atoms with Crippen LogP contribution in [-0.4, -0.2) is 41.9 Å². The van der Waals surface area contributed by atoms with Crippen molar-refractivity contribution < 1.29 is 9.72 Å². The molecule has 0 atom stereocenters. The van der Waals surface area contributed by atoms with Crippen LogP contribution in [-0.2, 0) is 0 Å². The minimum atomic E-state index is -0.470. The molecule has 1 amide bonds. The van der Waals surface area contributed by atoms with Crippen molar-refractivity contribution in [2.45, 2.75) is 20.8 Å². The first kappa shape index (κ1) is 16.1. The number of nitro groups is 1. The molecule has 110 valence electrons. The van der Waals surface area contributed by atoms with Crippen LogP contribution < -0.4 is 5.32 Å². The van der Waals surface area contributed by atoms with E-state index in [2.05, 4.69) is 24.1 Å². The number of likely N-dealkylation sites (N-methyl/N-ethyl adjacent to an activating group) is 1. The average molecular weight is 279 g/mol. The number of hydrogen-bond acceptors (Lipinski definition) is 4. The van der Waals surface area contributed by atoms with E-state index in [0.717, 1.165) is 19.6 Å². The van der Waals surface area contributed by atoms with Gasteiger partial charge in [0, 0.05) is 30.3 Å². The Morgan fingerprint density at radius 3 is 2.55 bits per heavy atom. The van der Waals surface area contributed by atoms with Crippen molar-refractivity contribution in [1.82, 2.24) is 10.2 Å². The molecule has 6 nitrogen and oxygen atoms in total. The van der Waals surface area contributed by atoms with Crippen LogP contribution in [0.2, 0.25) is 0 Å². The van der Waals surface area contributed by atoms with Crippen molar-refractivity contribution in [3.05, 3.63) is 39.4 Å². The second-order valence-corrected chi connectivity index (χ2v) is 4.54. The Balaban J connectivity index is 2.64. The summed E-state index contributed by atoms with van der Waals surface area (Å²) in [6.07, 6.45) is 0. The molecule has 0 fully saturated rings. The SMILES string of the molecule is CCN(CC)CCNC(=O)c1ccc(C)c([N+](=O)[O-])c1. The monoisotopic (exact) mass is 279 g/mol. The number of amides is 1. The second-order valence-electron chi connectivity index (χ2n) is 4.54. The lowest BCUT2D eigenvalue weighted by molar-refractivity contribution is -0.385. The maximum Gasteiger partial charge on any atom is 0.273 e. The van der Waals surface area contributed by atoms with E-state index in [0.29, 0.717) is 17.7 Å².